The minimum absolute atomic E-state index is 0.146. The average Bonchev–Trinajstić information content (AvgIpc) is 2.56. The second kappa shape index (κ2) is 8.49. The van der Waals surface area contributed by atoms with E-state index in [9.17, 15) is 8.42 Å². The normalized spacial score (nSPS) is 18.6. The van der Waals surface area contributed by atoms with Gasteiger partial charge in [-0.2, -0.15) is 0 Å². The first-order valence-electron chi connectivity index (χ1n) is 7.78. The summed E-state index contributed by atoms with van der Waals surface area (Å²) in [4.78, 5) is 0.146. The summed E-state index contributed by atoms with van der Waals surface area (Å²) in [6.07, 6.45) is -0.160. The molecular weight excluding hydrogens is 320 g/mol. The van der Waals surface area contributed by atoms with Crippen molar-refractivity contribution in [2.45, 2.75) is 24.8 Å². The largest absolute Gasteiger partial charge is 0.490 e. The molecule has 1 aliphatic rings. The van der Waals surface area contributed by atoms with Gasteiger partial charge < -0.3 is 19.5 Å². The lowest BCUT2D eigenvalue weighted by molar-refractivity contribution is 0.0324. The standard InChI is InChI=1S/C15H24N2O5S/c1-3-20-14-6-5-13(9-15(14)21-4-2)23(18,19)17-11-12-10-16-7-8-22-12/h5-6,9,12,16-17H,3-4,7-8,10-11H2,1-2H3. The molecule has 0 aliphatic carbocycles. The molecule has 7 nitrogen and oxygen atoms in total. The SMILES string of the molecule is CCOc1ccc(S(=O)(=O)NCC2CNCCO2)cc1OCC. The molecule has 1 aromatic rings. The average molecular weight is 344 g/mol. The molecule has 1 aliphatic heterocycles. The van der Waals surface area contributed by atoms with E-state index < -0.39 is 10.0 Å². The molecule has 1 fully saturated rings. The molecule has 23 heavy (non-hydrogen) atoms. The Kier molecular flexibility index (Phi) is 6.64. The van der Waals surface area contributed by atoms with Crippen molar-refractivity contribution in [3.05, 3.63) is 18.2 Å². The summed E-state index contributed by atoms with van der Waals surface area (Å²) in [7, 11) is -3.63. The minimum atomic E-state index is -3.63. The zero-order valence-electron chi connectivity index (χ0n) is 13.5. The minimum Gasteiger partial charge on any atom is -0.490 e. The fraction of sp³-hybridized carbons (Fsp3) is 0.600. The van der Waals surface area contributed by atoms with Crippen LogP contribution in [0, 0.1) is 0 Å². The molecule has 0 bridgehead atoms. The van der Waals surface area contributed by atoms with Crippen LogP contribution in [0.5, 0.6) is 11.5 Å². The van der Waals surface area contributed by atoms with Crippen LogP contribution >= 0.6 is 0 Å². The van der Waals surface area contributed by atoms with Crippen LogP contribution in [0.2, 0.25) is 0 Å². The molecular formula is C15H24N2O5S. The van der Waals surface area contributed by atoms with Gasteiger partial charge in [-0.15, -0.1) is 0 Å². The Labute approximate surface area is 137 Å². The molecule has 1 heterocycles. The van der Waals surface area contributed by atoms with Crippen LogP contribution in [0.25, 0.3) is 0 Å². The molecule has 0 aromatic heterocycles. The van der Waals surface area contributed by atoms with E-state index >= 15 is 0 Å². The quantitative estimate of drug-likeness (QED) is 0.724. The van der Waals surface area contributed by atoms with Gasteiger partial charge >= 0.3 is 0 Å². The van der Waals surface area contributed by atoms with E-state index in [1.165, 1.54) is 12.1 Å². The summed E-state index contributed by atoms with van der Waals surface area (Å²) in [5.41, 5.74) is 0. The highest BCUT2D eigenvalue weighted by Crippen LogP contribution is 2.30. The maximum Gasteiger partial charge on any atom is 0.240 e. The molecule has 0 saturated carbocycles. The summed E-state index contributed by atoms with van der Waals surface area (Å²) in [6.45, 7) is 6.85. The number of rotatable bonds is 8. The predicted molar refractivity (Wildman–Crippen MR) is 86.6 cm³/mol. The molecule has 0 spiro atoms. The molecule has 2 N–H and O–H groups in total. The smallest absolute Gasteiger partial charge is 0.240 e. The molecule has 1 aromatic carbocycles. The third-order valence-electron chi connectivity index (χ3n) is 3.33. The maximum atomic E-state index is 12.4. The molecule has 2 rings (SSSR count). The third kappa shape index (κ3) is 5.07. The van der Waals surface area contributed by atoms with Gasteiger partial charge in [0.1, 0.15) is 0 Å². The predicted octanol–water partition coefficient (Wildman–Crippen LogP) is 0.751. The van der Waals surface area contributed by atoms with Crippen molar-refractivity contribution in [3.63, 3.8) is 0 Å². The fourth-order valence-electron chi connectivity index (χ4n) is 2.24. The Bertz CT molecular complexity index is 600. The van der Waals surface area contributed by atoms with Gasteiger partial charge in [0, 0.05) is 25.7 Å². The fourth-order valence-corrected chi connectivity index (χ4v) is 3.32. The number of hydrogen-bond acceptors (Lipinski definition) is 6. The van der Waals surface area contributed by atoms with Crippen LogP contribution in [0.3, 0.4) is 0 Å². The van der Waals surface area contributed by atoms with E-state index in [4.69, 9.17) is 14.2 Å². The molecule has 1 saturated heterocycles. The number of ether oxygens (including phenoxy) is 3. The first-order chi connectivity index (χ1) is 11.1. The lowest BCUT2D eigenvalue weighted by Crippen LogP contribution is -2.45. The first kappa shape index (κ1) is 18.0. The Hall–Kier alpha value is -1.35. The van der Waals surface area contributed by atoms with Crippen LogP contribution in [-0.4, -0.2) is 54.0 Å². The van der Waals surface area contributed by atoms with Crippen LogP contribution < -0.4 is 19.5 Å². The summed E-state index contributed by atoms with van der Waals surface area (Å²) in [5, 5.41) is 3.16. The van der Waals surface area contributed by atoms with Crippen molar-refractivity contribution in [2.75, 3.05) is 39.5 Å². The molecule has 0 amide bonds. The lowest BCUT2D eigenvalue weighted by Gasteiger charge is -2.23. The molecule has 1 atom stereocenters. The molecule has 1 unspecified atom stereocenters. The van der Waals surface area contributed by atoms with E-state index in [2.05, 4.69) is 10.0 Å². The van der Waals surface area contributed by atoms with E-state index in [1.54, 1.807) is 6.07 Å². The van der Waals surface area contributed by atoms with Crippen LogP contribution in [0.1, 0.15) is 13.8 Å². The molecule has 130 valence electrons. The zero-order valence-corrected chi connectivity index (χ0v) is 14.3. The summed E-state index contributed by atoms with van der Waals surface area (Å²) < 4.78 is 43.8. The summed E-state index contributed by atoms with van der Waals surface area (Å²) >= 11 is 0. The highest BCUT2D eigenvalue weighted by atomic mass is 32.2. The number of morpholine rings is 1. The molecule has 8 heteroatoms. The third-order valence-corrected chi connectivity index (χ3v) is 4.75. The van der Waals surface area contributed by atoms with Gasteiger partial charge in [0.05, 0.1) is 30.8 Å². The number of sulfonamides is 1. The molecule has 0 radical (unpaired) electrons. The van der Waals surface area contributed by atoms with Gasteiger partial charge in [-0.1, -0.05) is 0 Å². The van der Waals surface area contributed by atoms with E-state index in [0.29, 0.717) is 37.9 Å². The number of hydrogen-bond donors (Lipinski definition) is 2. The maximum absolute atomic E-state index is 12.4. The Balaban J connectivity index is 2.09. The van der Waals surface area contributed by atoms with Crippen molar-refractivity contribution in [1.29, 1.82) is 0 Å². The van der Waals surface area contributed by atoms with Gasteiger partial charge in [-0.05, 0) is 26.0 Å². The van der Waals surface area contributed by atoms with E-state index in [0.717, 1.165) is 6.54 Å². The Morgan fingerprint density at radius 1 is 1.26 bits per heavy atom. The van der Waals surface area contributed by atoms with Crippen molar-refractivity contribution in [3.8, 4) is 11.5 Å². The van der Waals surface area contributed by atoms with Crippen molar-refractivity contribution >= 4 is 10.0 Å². The van der Waals surface area contributed by atoms with E-state index in [-0.39, 0.29) is 17.5 Å². The Morgan fingerprint density at radius 3 is 2.65 bits per heavy atom. The number of benzene rings is 1. The van der Waals surface area contributed by atoms with Crippen molar-refractivity contribution < 1.29 is 22.6 Å². The second-order valence-corrected chi connectivity index (χ2v) is 6.79. The van der Waals surface area contributed by atoms with Crippen molar-refractivity contribution in [2.24, 2.45) is 0 Å². The summed E-state index contributed by atoms with van der Waals surface area (Å²) in [6, 6.07) is 4.61. The van der Waals surface area contributed by atoms with Gasteiger partial charge in [0.2, 0.25) is 10.0 Å². The second-order valence-electron chi connectivity index (χ2n) is 5.02. The van der Waals surface area contributed by atoms with Crippen LogP contribution in [0.15, 0.2) is 23.1 Å². The summed E-state index contributed by atoms with van der Waals surface area (Å²) in [5.74, 6) is 0.959. The van der Waals surface area contributed by atoms with Crippen LogP contribution in [0.4, 0.5) is 0 Å². The lowest BCUT2D eigenvalue weighted by atomic mass is 10.3. The zero-order chi connectivity index (χ0) is 16.7. The first-order valence-corrected chi connectivity index (χ1v) is 9.26. The van der Waals surface area contributed by atoms with Gasteiger partial charge in [0.25, 0.3) is 0 Å². The Morgan fingerprint density at radius 2 is 2.00 bits per heavy atom. The monoisotopic (exact) mass is 344 g/mol. The topological polar surface area (TPSA) is 85.9 Å². The highest BCUT2D eigenvalue weighted by molar-refractivity contribution is 7.89. The number of nitrogens with one attached hydrogen (secondary N) is 2. The van der Waals surface area contributed by atoms with Gasteiger partial charge in [0.15, 0.2) is 11.5 Å². The van der Waals surface area contributed by atoms with Gasteiger partial charge in [-0.25, -0.2) is 13.1 Å². The van der Waals surface area contributed by atoms with Crippen LogP contribution in [-0.2, 0) is 14.8 Å². The highest BCUT2D eigenvalue weighted by Gasteiger charge is 2.20. The van der Waals surface area contributed by atoms with E-state index in [1.807, 2.05) is 13.8 Å². The van der Waals surface area contributed by atoms with Crippen molar-refractivity contribution in [1.82, 2.24) is 10.0 Å². The van der Waals surface area contributed by atoms with Gasteiger partial charge in [-0.3, -0.25) is 0 Å².